The number of sulfonamides is 1. The van der Waals surface area contributed by atoms with E-state index in [0.717, 1.165) is 18.4 Å². The molecule has 2 aromatic carbocycles. The number of amidine groups is 1. The maximum absolute atomic E-state index is 13.0. The molecule has 2 aliphatic rings. The zero-order valence-electron chi connectivity index (χ0n) is 15.0. The van der Waals surface area contributed by atoms with Gasteiger partial charge in [-0.05, 0) is 37.5 Å². The lowest BCUT2D eigenvalue weighted by atomic mass is 10.2. The van der Waals surface area contributed by atoms with Crippen molar-refractivity contribution < 1.29 is 13.2 Å². The zero-order valence-corrected chi connectivity index (χ0v) is 15.8. The first-order valence-electron chi connectivity index (χ1n) is 9.00. The summed E-state index contributed by atoms with van der Waals surface area (Å²) in [6.45, 7) is 2.26. The van der Waals surface area contributed by atoms with E-state index in [1.165, 1.54) is 0 Å². The van der Waals surface area contributed by atoms with Crippen molar-refractivity contribution in [1.82, 2.24) is 9.62 Å². The Bertz CT molecular complexity index is 998. The molecule has 4 rings (SSSR count). The van der Waals surface area contributed by atoms with Crippen LogP contribution in [0.2, 0.25) is 0 Å². The van der Waals surface area contributed by atoms with Crippen LogP contribution in [0.3, 0.4) is 0 Å². The lowest BCUT2D eigenvalue weighted by Crippen LogP contribution is -2.39. The van der Waals surface area contributed by atoms with Crippen LogP contribution in [0.5, 0.6) is 0 Å². The molecule has 0 spiro atoms. The quantitative estimate of drug-likeness (QED) is 0.860. The van der Waals surface area contributed by atoms with Crippen LogP contribution in [0.25, 0.3) is 0 Å². The molecule has 1 atom stereocenters. The topological polar surface area (TPSA) is 78.8 Å². The molecule has 1 fully saturated rings. The third kappa shape index (κ3) is 3.60. The average molecular weight is 383 g/mol. The highest BCUT2D eigenvalue weighted by Gasteiger charge is 2.36. The Kier molecular flexibility index (Phi) is 4.47. The van der Waals surface area contributed by atoms with Gasteiger partial charge in [0.05, 0.1) is 4.90 Å². The van der Waals surface area contributed by atoms with Crippen LogP contribution in [0.15, 0.2) is 64.5 Å². The molecule has 0 saturated heterocycles. The molecule has 0 radical (unpaired) electrons. The van der Waals surface area contributed by atoms with E-state index in [1.54, 1.807) is 31.2 Å². The van der Waals surface area contributed by atoms with Gasteiger partial charge in [-0.2, -0.15) is 0 Å². The summed E-state index contributed by atoms with van der Waals surface area (Å²) in [6.07, 6.45) is 1.99. The third-order valence-electron chi connectivity index (χ3n) is 4.81. The monoisotopic (exact) mass is 383 g/mol. The summed E-state index contributed by atoms with van der Waals surface area (Å²) in [5.41, 5.74) is 1.59. The van der Waals surface area contributed by atoms with Crippen molar-refractivity contribution >= 4 is 21.8 Å². The Balaban J connectivity index is 1.58. The summed E-state index contributed by atoms with van der Waals surface area (Å²) in [5, 5.41) is 0. The molecule has 0 unspecified atom stereocenters. The van der Waals surface area contributed by atoms with Gasteiger partial charge >= 0.3 is 0 Å². The van der Waals surface area contributed by atoms with Crippen molar-refractivity contribution in [1.29, 1.82) is 0 Å². The summed E-state index contributed by atoms with van der Waals surface area (Å²) < 4.78 is 26.9. The number of nitrogens with one attached hydrogen (secondary N) is 1. The second-order valence-electron chi connectivity index (χ2n) is 6.94. The molecular weight excluding hydrogens is 362 g/mol. The molecular formula is C20H21N3O3S. The zero-order chi connectivity index (χ0) is 19.0. The smallest absolute Gasteiger partial charge is 0.263 e. The molecule has 7 heteroatoms. The van der Waals surface area contributed by atoms with Crippen LogP contribution < -0.4 is 4.72 Å². The largest absolute Gasteiger partial charge is 0.334 e. The second kappa shape index (κ2) is 6.81. The van der Waals surface area contributed by atoms with Gasteiger partial charge in [0.2, 0.25) is 5.91 Å². The molecule has 140 valence electrons. The van der Waals surface area contributed by atoms with E-state index in [-0.39, 0.29) is 22.7 Å². The fourth-order valence-corrected chi connectivity index (χ4v) is 4.51. The molecule has 2 aromatic rings. The number of carbonyl (C=O) groups is 1. The lowest BCUT2D eigenvalue weighted by Gasteiger charge is -2.24. The van der Waals surface area contributed by atoms with E-state index in [4.69, 9.17) is 0 Å². The van der Waals surface area contributed by atoms with Crippen LogP contribution in [0, 0.1) is 0 Å². The van der Waals surface area contributed by atoms with Gasteiger partial charge in [-0.1, -0.05) is 42.5 Å². The Hall–Kier alpha value is -2.67. The van der Waals surface area contributed by atoms with E-state index in [2.05, 4.69) is 9.71 Å². The van der Waals surface area contributed by atoms with Crippen LogP contribution in [0.4, 0.5) is 0 Å². The maximum Gasteiger partial charge on any atom is 0.263 e. The third-order valence-corrected chi connectivity index (χ3v) is 6.21. The number of hydrogen-bond acceptors (Lipinski definition) is 4. The van der Waals surface area contributed by atoms with Gasteiger partial charge in [0.1, 0.15) is 11.9 Å². The molecule has 1 saturated carbocycles. The molecule has 1 amide bonds. The van der Waals surface area contributed by atoms with Crippen molar-refractivity contribution in [2.24, 2.45) is 4.99 Å². The average Bonchev–Trinajstić information content (AvgIpc) is 3.47. The molecule has 0 aromatic heterocycles. The SMILES string of the molecule is C[C@H](N=C1NS(=O)(=O)c2ccccc21)C(=O)N(Cc1ccccc1)C1CC1. The standard InChI is InChI=1S/C20H21N3O3S/c1-14(21-19-17-9-5-6-10-18(17)27(25,26)22-19)20(24)23(16-11-12-16)13-15-7-3-2-4-8-15/h2-10,14,16H,11-13H2,1H3,(H,21,22)/t14-/m0/s1. The second-order valence-corrected chi connectivity index (χ2v) is 8.59. The van der Waals surface area contributed by atoms with Crippen molar-refractivity contribution in [3.63, 3.8) is 0 Å². The highest BCUT2D eigenvalue weighted by molar-refractivity contribution is 7.90. The number of hydrogen-bond donors (Lipinski definition) is 1. The summed E-state index contributed by atoms with van der Waals surface area (Å²) in [7, 11) is -3.60. The van der Waals surface area contributed by atoms with Gasteiger partial charge in [0, 0.05) is 18.2 Å². The van der Waals surface area contributed by atoms with E-state index >= 15 is 0 Å². The number of carbonyl (C=O) groups excluding carboxylic acids is 1. The number of amides is 1. The maximum atomic E-state index is 13.0. The van der Waals surface area contributed by atoms with E-state index in [1.807, 2.05) is 35.2 Å². The van der Waals surface area contributed by atoms with Crippen LogP contribution in [0.1, 0.15) is 30.9 Å². The summed E-state index contributed by atoms with van der Waals surface area (Å²) in [4.78, 5) is 19.5. The molecule has 1 heterocycles. The number of benzene rings is 2. The van der Waals surface area contributed by atoms with Gasteiger partial charge < -0.3 is 4.90 Å². The van der Waals surface area contributed by atoms with Gasteiger partial charge in [-0.15, -0.1) is 0 Å². The van der Waals surface area contributed by atoms with Crippen molar-refractivity contribution in [2.75, 3.05) is 0 Å². The van der Waals surface area contributed by atoms with E-state index in [9.17, 15) is 13.2 Å². The number of rotatable bonds is 5. The number of nitrogens with zero attached hydrogens (tertiary/aromatic N) is 2. The molecule has 1 N–H and O–H groups in total. The minimum atomic E-state index is -3.60. The highest BCUT2D eigenvalue weighted by Crippen LogP contribution is 2.30. The predicted octanol–water partition coefficient (Wildman–Crippen LogP) is 2.30. The summed E-state index contributed by atoms with van der Waals surface area (Å²) >= 11 is 0. The van der Waals surface area contributed by atoms with Gasteiger partial charge in [0.15, 0.2) is 0 Å². The van der Waals surface area contributed by atoms with Gasteiger partial charge in [-0.25, -0.2) is 8.42 Å². The Morgan fingerprint density at radius 3 is 2.52 bits per heavy atom. The molecule has 6 nitrogen and oxygen atoms in total. The van der Waals surface area contributed by atoms with E-state index in [0.29, 0.717) is 12.1 Å². The highest BCUT2D eigenvalue weighted by atomic mass is 32.2. The Morgan fingerprint density at radius 2 is 1.81 bits per heavy atom. The Labute approximate surface area is 159 Å². The fourth-order valence-electron chi connectivity index (χ4n) is 3.27. The molecule has 0 bridgehead atoms. The minimum absolute atomic E-state index is 0.0857. The van der Waals surface area contributed by atoms with Crippen LogP contribution in [-0.4, -0.2) is 37.1 Å². The lowest BCUT2D eigenvalue weighted by molar-refractivity contribution is -0.133. The van der Waals surface area contributed by atoms with Crippen LogP contribution in [-0.2, 0) is 21.4 Å². The number of aliphatic imine (C=N–C) groups is 1. The fraction of sp³-hybridized carbons (Fsp3) is 0.300. The van der Waals surface area contributed by atoms with Crippen molar-refractivity contribution in [3.05, 3.63) is 65.7 Å². The molecule has 1 aliphatic heterocycles. The summed E-state index contributed by atoms with van der Waals surface area (Å²) in [5.74, 6) is 0.152. The van der Waals surface area contributed by atoms with E-state index < -0.39 is 16.1 Å². The minimum Gasteiger partial charge on any atom is -0.334 e. The Morgan fingerprint density at radius 1 is 1.15 bits per heavy atom. The first-order valence-corrected chi connectivity index (χ1v) is 10.5. The van der Waals surface area contributed by atoms with Gasteiger partial charge in [0.25, 0.3) is 10.0 Å². The normalized spacial score (nSPS) is 20.0. The van der Waals surface area contributed by atoms with Crippen molar-refractivity contribution in [2.45, 2.75) is 43.3 Å². The van der Waals surface area contributed by atoms with Gasteiger partial charge in [-0.3, -0.25) is 14.5 Å². The van der Waals surface area contributed by atoms with Crippen molar-refractivity contribution in [3.8, 4) is 0 Å². The first kappa shape index (κ1) is 17.7. The summed E-state index contributed by atoms with van der Waals surface area (Å²) in [6, 6.07) is 16.1. The predicted molar refractivity (Wildman–Crippen MR) is 103 cm³/mol. The number of fused-ring (bicyclic) bond motifs is 1. The first-order chi connectivity index (χ1) is 13.0. The molecule has 27 heavy (non-hydrogen) atoms. The van der Waals surface area contributed by atoms with Crippen LogP contribution >= 0.6 is 0 Å². The molecule has 1 aliphatic carbocycles.